The van der Waals surface area contributed by atoms with E-state index in [1.807, 2.05) is 6.07 Å². The summed E-state index contributed by atoms with van der Waals surface area (Å²) in [5.41, 5.74) is 3.91. The van der Waals surface area contributed by atoms with Crippen LogP contribution >= 0.6 is 0 Å². The first-order chi connectivity index (χ1) is 15.4. The third-order valence-corrected chi connectivity index (χ3v) is 8.72. The molecule has 2 saturated heterocycles. The minimum atomic E-state index is 0.00174. The van der Waals surface area contributed by atoms with Crippen molar-refractivity contribution in [3.63, 3.8) is 0 Å². The van der Waals surface area contributed by atoms with E-state index >= 15 is 0 Å². The molecule has 170 valence electrons. The number of fused-ring (bicyclic) bond motifs is 4. The fourth-order valence-corrected chi connectivity index (χ4v) is 6.28. The number of likely N-dealkylation sites (tertiary alicyclic amines) is 2. The van der Waals surface area contributed by atoms with Gasteiger partial charge in [-0.1, -0.05) is 63.2 Å². The quantitative estimate of drug-likeness (QED) is 0.615. The summed E-state index contributed by atoms with van der Waals surface area (Å²) in [6.07, 6.45) is 5.36. The zero-order valence-corrected chi connectivity index (χ0v) is 19.8. The standard InChI is InChI=1S/C28H36N2O2/c1-27(2)25-19-22-23(13-10-14-24(22)32-20-21-11-6-4-7-12-21)28(27,3)15-18-30(25)26(31)29-16-8-5-9-17-29/h4,6-7,10-14,25H,5,8-9,15-20H2,1-3H3/t25-,28-/m0/s1. The van der Waals surface area contributed by atoms with Gasteiger partial charge in [0.25, 0.3) is 0 Å². The van der Waals surface area contributed by atoms with E-state index in [4.69, 9.17) is 4.74 Å². The molecule has 3 aliphatic rings. The lowest BCUT2D eigenvalue weighted by molar-refractivity contribution is -0.0248. The lowest BCUT2D eigenvalue weighted by atomic mass is 9.51. The minimum Gasteiger partial charge on any atom is -0.489 e. The summed E-state index contributed by atoms with van der Waals surface area (Å²) in [5.74, 6) is 0.977. The SMILES string of the molecule is CC1(C)[C@@H]2Cc3c(OCc4ccccc4)cccc3[C@]1(C)CCN2C(=O)N1CCCCC1. The summed E-state index contributed by atoms with van der Waals surface area (Å²) in [7, 11) is 0. The van der Waals surface area contributed by atoms with Crippen molar-refractivity contribution in [2.75, 3.05) is 19.6 Å². The number of nitrogens with zero attached hydrogens (tertiary/aromatic N) is 2. The Morgan fingerprint density at radius 3 is 2.47 bits per heavy atom. The normalized spacial score (nSPS) is 26.4. The Labute approximate surface area is 192 Å². The Morgan fingerprint density at radius 1 is 0.969 bits per heavy atom. The van der Waals surface area contributed by atoms with Gasteiger partial charge >= 0.3 is 6.03 Å². The van der Waals surface area contributed by atoms with E-state index in [9.17, 15) is 4.79 Å². The van der Waals surface area contributed by atoms with Crippen molar-refractivity contribution in [1.29, 1.82) is 0 Å². The van der Waals surface area contributed by atoms with Gasteiger partial charge in [-0.2, -0.15) is 0 Å². The summed E-state index contributed by atoms with van der Waals surface area (Å²) in [6, 6.07) is 17.3. The predicted octanol–water partition coefficient (Wildman–Crippen LogP) is 5.79. The summed E-state index contributed by atoms with van der Waals surface area (Å²) < 4.78 is 6.37. The summed E-state index contributed by atoms with van der Waals surface area (Å²) in [6.45, 7) is 10.4. The van der Waals surface area contributed by atoms with Crippen LogP contribution in [0.25, 0.3) is 0 Å². The third-order valence-electron chi connectivity index (χ3n) is 8.72. The van der Waals surface area contributed by atoms with Crippen LogP contribution in [0.1, 0.15) is 63.1 Å². The van der Waals surface area contributed by atoms with Crippen molar-refractivity contribution in [3.05, 3.63) is 65.2 Å². The molecule has 4 nitrogen and oxygen atoms in total. The average molecular weight is 433 g/mol. The van der Waals surface area contributed by atoms with Gasteiger partial charge in [-0.25, -0.2) is 4.79 Å². The molecular weight excluding hydrogens is 396 g/mol. The Hall–Kier alpha value is -2.49. The van der Waals surface area contributed by atoms with Crippen molar-refractivity contribution in [1.82, 2.24) is 9.80 Å². The van der Waals surface area contributed by atoms with E-state index in [-0.39, 0.29) is 22.9 Å². The van der Waals surface area contributed by atoms with Gasteiger partial charge in [-0.3, -0.25) is 0 Å². The molecule has 0 radical (unpaired) electrons. The van der Waals surface area contributed by atoms with Gasteiger partial charge in [0.2, 0.25) is 0 Å². The molecule has 2 aliphatic heterocycles. The first-order valence-electron chi connectivity index (χ1n) is 12.3. The summed E-state index contributed by atoms with van der Waals surface area (Å²) in [5, 5.41) is 0. The van der Waals surface area contributed by atoms with Crippen molar-refractivity contribution in [3.8, 4) is 5.75 Å². The molecule has 2 amide bonds. The Balaban J connectivity index is 1.47. The Kier molecular flexibility index (Phi) is 5.43. The molecule has 2 aromatic rings. The smallest absolute Gasteiger partial charge is 0.320 e. The van der Waals surface area contributed by atoms with Crippen LogP contribution in [0, 0.1) is 5.41 Å². The second-order valence-corrected chi connectivity index (χ2v) is 10.6. The minimum absolute atomic E-state index is 0.00174. The molecule has 0 aromatic heterocycles. The van der Waals surface area contributed by atoms with Gasteiger partial charge in [0.1, 0.15) is 12.4 Å². The maximum atomic E-state index is 13.6. The van der Waals surface area contributed by atoms with E-state index in [0.29, 0.717) is 6.61 Å². The van der Waals surface area contributed by atoms with Crippen LogP contribution in [0.5, 0.6) is 5.75 Å². The van der Waals surface area contributed by atoms with Crippen LogP contribution in [-0.4, -0.2) is 41.5 Å². The zero-order chi connectivity index (χ0) is 22.3. The number of carbonyl (C=O) groups is 1. The van der Waals surface area contributed by atoms with Crippen molar-refractivity contribution in [2.45, 2.75) is 70.9 Å². The number of carbonyl (C=O) groups excluding carboxylic acids is 1. The highest BCUT2D eigenvalue weighted by atomic mass is 16.5. The molecule has 0 spiro atoms. The van der Waals surface area contributed by atoms with Crippen LogP contribution in [0.2, 0.25) is 0 Å². The van der Waals surface area contributed by atoms with Gasteiger partial charge in [0.15, 0.2) is 0 Å². The van der Waals surface area contributed by atoms with E-state index in [2.05, 4.69) is 73.0 Å². The molecule has 2 atom stereocenters. The third kappa shape index (κ3) is 3.39. The van der Waals surface area contributed by atoms with Gasteiger partial charge in [-0.05, 0) is 60.3 Å². The number of hydrogen-bond donors (Lipinski definition) is 0. The molecule has 4 heteroatoms. The predicted molar refractivity (Wildman–Crippen MR) is 128 cm³/mol. The second kappa shape index (κ2) is 8.13. The first-order valence-corrected chi connectivity index (χ1v) is 12.3. The fraction of sp³-hybridized carbons (Fsp3) is 0.536. The lowest BCUT2D eigenvalue weighted by Crippen LogP contribution is -2.66. The van der Waals surface area contributed by atoms with E-state index in [1.165, 1.54) is 23.1 Å². The van der Waals surface area contributed by atoms with Gasteiger partial charge in [0.05, 0.1) is 0 Å². The van der Waals surface area contributed by atoms with Crippen molar-refractivity contribution >= 4 is 6.03 Å². The number of piperidine rings is 2. The van der Waals surface area contributed by atoms with Crippen LogP contribution in [0.4, 0.5) is 4.79 Å². The zero-order valence-electron chi connectivity index (χ0n) is 19.8. The van der Waals surface area contributed by atoms with E-state index in [1.54, 1.807) is 0 Å². The molecule has 0 unspecified atom stereocenters. The maximum Gasteiger partial charge on any atom is 0.320 e. The molecule has 1 aliphatic carbocycles. The molecule has 5 rings (SSSR count). The highest BCUT2D eigenvalue weighted by molar-refractivity contribution is 5.76. The average Bonchev–Trinajstić information content (AvgIpc) is 2.81. The number of amides is 2. The molecule has 2 heterocycles. The monoisotopic (exact) mass is 432 g/mol. The number of urea groups is 1. The molecule has 2 fully saturated rings. The van der Waals surface area contributed by atoms with Gasteiger partial charge < -0.3 is 14.5 Å². The molecular formula is C28H36N2O2. The van der Waals surface area contributed by atoms with E-state index in [0.717, 1.165) is 51.1 Å². The van der Waals surface area contributed by atoms with Crippen LogP contribution in [-0.2, 0) is 18.4 Å². The first kappa shape index (κ1) is 21.4. The Bertz CT molecular complexity index is 980. The Morgan fingerprint density at radius 2 is 1.72 bits per heavy atom. The topological polar surface area (TPSA) is 32.8 Å². The number of hydrogen-bond acceptors (Lipinski definition) is 2. The van der Waals surface area contributed by atoms with Crippen molar-refractivity contribution < 1.29 is 9.53 Å². The number of benzene rings is 2. The number of rotatable bonds is 3. The highest BCUT2D eigenvalue weighted by Gasteiger charge is 2.57. The maximum absolute atomic E-state index is 13.6. The van der Waals surface area contributed by atoms with Crippen molar-refractivity contribution in [2.24, 2.45) is 5.41 Å². The highest BCUT2D eigenvalue weighted by Crippen LogP contribution is 2.57. The van der Waals surface area contributed by atoms with Gasteiger partial charge in [0, 0.05) is 31.1 Å². The van der Waals surface area contributed by atoms with Crippen LogP contribution < -0.4 is 4.74 Å². The molecule has 2 aromatic carbocycles. The summed E-state index contributed by atoms with van der Waals surface area (Å²) in [4.78, 5) is 17.9. The largest absolute Gasteiger partial charge is 0.489 e. The lowest BCUT2D eigenvalue weighted by Gasteiger charge is -2.61. The molecule has 0 saturated carbocycles. The molecule has 0 N–H and O–H groups in total. The fourth-order valence-electron chi connectivity index (χ4n) is 6.28. The molecule has 2 bridgehead atoms. The van der Waals surface area contributed by atoms with Gasteiger partial charge in [-0.15, -0.1) is 0 Å². The van der Waals surface area contributed by atoms with Crippen LogP contribution in [0.3, 0.4) is 0 Å². The molecule has 32 heavy (non-hydrogen) atoms. The van der Waals surface area contributed by atoms with Crippen LogP contribution in [0.15, 0.2) is 48.5 Å². The summed E-state index contributed by atoms with van der Waals surface area (Å²) >= 11 is 0. The second-order valence-electron chi connectivity index (χ2n) is 10.6. The number of ether oxygens (including phenoxy) is 1. The van der Waals surface area contributed by atoms with E-state index < -0.39 is 0 Å².